The Hall–Kier alpha value is -3.00. The number of benzene rings is 1. The zero-order valence-electron chi connectivity index (χ0n) is 13.0. The van der Waals surface area contributed by atoms with Crippen molar-refractivity contribution in [2.75, 3.05) is 0 Å². The van der Waals surface area contributed by atoms with Crippen LogP contribution in [0.3, 0.4) is 0 Å². The van der Waals surface area contributed by atoms with Crippen molar-refractivity contribution >= 4 is 17.2 Å². The SMILES string of the molecule is O=C(NCc1cccs1)c1c[nH]c(=O)n(Cc2ccccc2F)c1=O. The summed E-state index contributed by atoms with van der Waals surface area (Å²) in [4.78, 5) is 39.9. The lowest BCUT2D eigenvalue weighted by Gasteiger charge is -2.08. The minimum atomic E-state index is -0.768. The summed E-state index contributed by atoms with van der Waals surface area (Å²) >= 11 is 1.48. The normalized spacial score (nSPS) is 10.6. The number of H-pyrrole nitrogens is 1. The van der Waals surface area contributed by atoms with Gasteiger partial charge < -0.3 is 10.3 Å². The van der Waals surface area contributed by atoms with Gasteiger partial charge in [-0.25, -0.2) is 9.18 Å². The van der Waals surface area contributed by atoms with E-state index in [0.29, 0.717) is 0 Å². The number of thiophene rings is 1. The van der Waals surface area contributed by atoms with Crippen LogP contribution in [0.25, 0.3) is 0 Å². The van der Waals surface area contributed by atoms with Gasteiger partial charge >= 0.3 is 5.69 Å². The molecule has 0 atom stereocenters. The van der Waals surface area contributed by atoms with Crippen molar-refractivity contribution in [3.05, 3.63) is 90.6 Å². The number of carbonyl (C=O) groups is 1. The number of rotatable bonds is 5. The van der Waals surface area contributed by atoms with Crippen molar-refractivity contribution < 1.29 is 9.18 Å². The molecule has 3 aromatic rings. The fraction of sp³-hybridized carbons (Fsp3) is 0.118. The molecule has 0 spiro atoms. The molecule has 0 aliphatic heterocycles. The first-order valence-electron chi connectivity index (χ1n) is 7.43. The zero-order valence-corrected chi connectivity index (χ0v) is 13.8. The Morgan fingerprint density at radius 2 is 2.00 bits per heavy atom. The minimum absolute atomic E-state index is 0.186. The van der Waals surface area contributed by atoms with Crippen LogP contribution < -0.4 is 16.6 Å². The highest BCUT2D eigenvalue weighted by Gasteiger charge is 2.15. The third-order valence-electron chi connectivity index (χ3n) is 3.59. The number of hydrogen-bond donors (Lipinski definition) is 2. The van der Waals surface area contributed by atoms with Crippen molar-refractivity contribution in [3.63, 3.8) is 0 Å². The average molecular weight is 359 g/mol. The Bertz CT molecular complexity index is 1010. The molecule has 0 aliphatic carbocycles. The molecule has 6 nitrogen and oxygen atoms in total. The van der Waals surface area contributed by atoms with Crippen LogP contribution >= 0.6 is 11.3 Å². The maximum atomic E-state index is 13.8. The second-order valence-electron chi connectivity index (χ2n) is 5.25. The van der Waals surface area contributed by atoms with Gasteiger partial charge in [0, 0.05) is 16.6 Å². The van der Waals surface area contributed by atoms with Crippen molar-refractivity contribution in [3.8, 4) is 0 Å². The fourth-order valence-corrected chi connectivity index (χ4v) is 2.93. The highest BCUT2D eigenvalue weighted by atomic mass is 32.1. The van der Waals surface area contributed by atoms with Crippen LogP contribution in [-0.2, 0) is 13.1 Å². The van der Waals surface area contributed by atoms with E-state index in [1.807, 2.05) is 17.5 Å². The number of aromatic amines is 1. The summed E-state index contributed by atoms with van der Waals surface area (Å²) in [5, 5.41) is 4.50. The molecule has 25 heavy (non-hydrogen) atoms. The van der Waals surface area contributed by atoms with E-state index in [1.165, 1.54) is 29.5 Å². The number of nitrogens with zero attached hydrogens (tertiary/aromatic N) is 1. The molecule has 0 aliphatic rings. The van der Waals surface area contributed by atoms with E-state index < -0.39 is 23.0 Å². The molecule has 128 valence electrons. The second-order valence-corrected chi connectivity index (χ2v) is 6.28. The molecule has 0 saturated heterocycles. The van der Waals surface area contributed by atoms with Gasteiger partial charge in [-0.1, -0.05) is 24.3 Å². The molecule has 0 saturated carbocycles. The summed E-state index contributed by atoms with van der Waals surface area (Å²) in [5.74, 6) is -1.13. The quantitative estimate of drug-likeness (QED) is 0.727. The van der Waals surface area contributed by atoms with E-state index in [4.69, 9.17) is 0 Å². The lowest BCUT2D eigenvalue weighted by molar-refractivity contribution is 0.0948. The molecule has 3 rings (SSSR count). The summed E-state index contributed by atoms with van der Waals surface area (Å²) in [6.45, 7) is 0.0231. The monoisotopic (exact) mass is 359 g/mol. The molecular formula is C17H14FN3O3S. The molecule has 2 heterocycles. The molecule has 0 radical (unpaired) electrons. The first-order chi connectivity index (χ1) is 12.1. The van der Waals surface area contributed by atoms with Crippen molar-refractivity contribution in [1.29, 1.82) is 0 Å². The predicted molar refractivity (Wildman–Crippen MR) is 92.3 cm³/mol. The van der Waals surface area contributed by atoms with Crippen molar-refractivity contribution in [2.24, 2.45) is 0 Å². The third kappa shape index (κ3) is 3.74. The van der Waals surface area contributed by atoms with Gasteiger partial charge in [0.15, 0.2) is 0 Å². The van der Waals surface area contributed by atoms with Crippen LogP contribution in [-0.4, -0.2) is 15.5 Å². The molecule has 8 heteroatoms. The highest BCUT2D eigenvalue weighted by Crippen LogP contribution is 2.08. The summed E-state index contributed by atoms with van der Waals surface area (Å²) < 4.78 is 14.6. The Balaban J connectivity index is 1.87. The van der Waals surface area contributed by atoms with Gasteiger partial charge in [-0.2, -0.15) is 0 Å². The zero-order chi connectivity index (χ0) is 17.8. The van der Waals surface area contributed by atoms with E-state index in [-0.39, 0.29) is 24.2 Å². The largest absolute Gasteiger partial charge is 0.347 e. The van der Waals surface area contributed by atoms with Gasteiger partial charge in [-0.15, -0.1) is 11.3 Å². The van der Waals surface area contributed by atoms with Gasteiger partial charge in [-0.05, 0) is 17.5 Å². The van der Waals surface area contributed by atoms with E-state index in [0.717, 1.165) is 15.6 Å². The first kappa shape index (κ1) is 16.8. The average Bonchev–Trinajstić information content (AvgIpc) is 3.11. The third-order valence-corrected chi connectivity index (χ3v) is 4.47. The topological polar surface area (TPSA) is 84.0 Å². The van der Waals surface area contributed by atoms with Gasteiger partial charge in [0.1, 0.15) is 11.4 Å². The van der Waals surface area contributed by atoms with E-state index in [9.17, 15) is 18.8 Å². The van der Waals surface area contributed by atoms with Crippen LogP contribution in [0.4, 0.5) is 4.39 Å². The molecule has 0 unspecified atom stereocenters. The standard InChI is InChI=1S/C17H14FN3O3S/c18-14-6-2-1-4-11(14)10-21-16(23)13(9-20-17(21)24)15(22)19-8-12-5-3-7-25-12/h1-7,9H,8,10H2,(H,19,22)(H,20,24). The number of amides is 1. The van der Waals surface area contributed by atoms with Crippen LogP contribution in [0.5, 0.6) is 0 Å². The number of halogens is 1. The lowest BCUT2D eigenvalue weighted by Crippen LogP contribution is -2.40. The lowest BCUT2D eigenvalue weighted by atomic mass is 10.2. The summed E-state index contributed by atoms with van der Waals surface area (Å²) in [5.41, 5.74) is -1.49. The van der Waals surface area contributed by atoms with Crippen molar-refractivity contribution in [2.45, 2.75) is 13.1 Å². The van der Waals surface area contributed by atoms with E-state index in [1.54, 1.807) is 6.07 Å². The van der Waals surface area contributed by atoms with E-state index >= 15 is 0 Å². The summed E-state index contributed by atoms with van der Waals surface area (Å²) in [6, 6.07) is 9.55. The van der Waals surface area contributed by atoms with Gasteiger partial charge in [0.2, 0.25) is 0 Å². The predicted octanol–water partition coefficient (Wildman–Crippen LogP) is 1.72. The van der Waals surface area contributed by atoms with E-state index in [2.05, 4.69) is 10.3 Å². The molecule has 0 bridgehead atoms. The summed E-state index contributed by atoms with van der Waals surface area (Å²) in [7, 11) is 0. The highest BCUT2D eigenvalue weighted by molar-refractivity contribution is 7.09. The summed E-state index contributed by atoms with van der Waals surface area (Å²) in [6.07, 6.45) is 1.08. The smallest absolute Gasteiger partial charge is 0.328 e. The maximum absolute atomic E-state index is 13.8. The maximum Gasteiger partial charge on any atom is 0.328 e. The molecule has 1 aromatic carbocycles. The Morgan fingerprint density at radius 1 is 1.20 bits per heavy atom. The number of hydrogen-bond acceptors (Lipinski definition) is 4. The van der Waals surface area contributed by atoms with Gasteiger partial charge in [0.25, 0.3) is 11.5 Å². The van der Waals surface area contributed by atoms with Crippen LogP contribution in [0, 0.1) is 5.82 Å². The fourth-order valence-electron chi connectivity index (χ4n) is 2.29. The number of carbonyl (C=O) groups excluding carboxylic acids is 1. The minimum Gasteiger partial charge on any atom is -0.347 e. The first-order valence-corrected chi connectivity index (χ1v) is 8.30. The number of nitrogens with one attached hydrogen (secondary N) is 2. The van der Waals surface area contributed by atoms with Crippen molar-refractivity contribution in [1.82, 2.24) is 14.9 Å². The van der Waals surface area contributed by atoms with Crippen LogP contribution in [0.2, 0.25) is 0 Å². The second kappa shape index (κ2) is 7.27. The molecule has 2 aromatic heterocycles. The Labute approximate surface area is 145 Å². The van der Waals surface area contributed by atoms with Gasteiger partial charge in [0.05, 0.1) is 13.1 Å². The van der Waals surface area contributed by atoms with Crippen LogP contribution in [0.15, 0.2) is 57.6 Å². The Morgan fingerprint density at radius 3 is 2.72 bits per heavy atom. The van der Waals surface area contributed by atoms with Crippen LogP contribution in [0.1, 0.15) is 20.8 Å². The number of aromatic nitrogens is 2. The molecule has 2 N–H and O–H groups in total. The molecule has 1 amide bonds. The molecule has 0 fully saturated rings. The van der Waals surface area contributed by atoms with Gasteiger partial charge in [-0.3, -0.25) is 14.2 Å². The Kier molecular flexibility index (Phi) is 4.90. The molecular weight excluding hydrogens is 345 g/mol.